The Morgan fingerprint density at radius 2 is 1.66 bits per heavy atom. The molecule has 0 aliphatic rings. The van der Waals surface area contributed by atoms with E-state index in [9.17, 15) is 9.59 Å². The molecule has 0 saturated carbocycles. The molecule has 1 aromatic heterocycles. The van der Waals surface area contributed by atoms with E-state index in [4.69, 9.17) is 26.6 Å². The molecule has 6 nitrogen and oxygen atoms in total. The molecule has 0 aliphatic heterocycles. The van der Waals surface area contributed by atoms with Crippen LogP contribution in [0.2, 0.25) is 5.02 Å². The van der Waals surface area contributed by atoms with E-state index in [1.165, 1.54) is 7.11 Å². The summed E-state index contributed by atoms with van der Waals surface area (Å²) in [5.74, 6) is -0.349. The van der Waals surface area contributed by atoms with E-state index < -0.39 is 5.60 Å². The van der Waals surface area contributed by atoms with Gasteiger partial charge in [-0.05, 0) is 69.0 Å². The molecule has 7 heteroatoms. The maximum atomic E-state index is 11.7. The minimum Gasteiger partial charge on any atom is -0.469 e. The van der Waals surface area contributed by atoms with Crippen molar-refractivity contribution in [3.63, 3.8) is 0 Å². The van der Waals surface area contributed by atoms with Gasteiger partial charge < -0.3 is 14.9 Å². The summed E-state index contributed by atoms with van der Waals surface area (Å²) in [5, 5.41) is 16.1. The molecule has 0 bridgehead atoms. The third-order valence-corrected chi connectivity index (χ3v) is 3.83. The van der Waals surface area contributed by atoms with Crippen molar-refractivity contribution in [1.29, 1.82) is 0 Å². The van der Waals surface area contributed by atoms with Crippen LogP contribution in [0.3, 0.4) is 0 Å². The molecule has 2 aromatic rings. The Labute approximate surface area is 177 Å². The fourth-order valence-corrected chi connectivity index (χ4v) is 2.55. The SMILES string of the molecule is CC(C)(C)O.CO.COC(=O)Cc1c(C)nc(C=O)c(C)c1-c1ccc(Cl)cc1. The highest BCUT2D eigenvalue weighted by Crippen LogP contribution is 2.31. The van der Waals surface area contributed by atoms with Gasteiger partial charge in [-0.15, -0.1) is 0 Å². The average molecular weight is 424 g/mol. The van der Waals surface area contributed by atoms with Crippen molar-refractivity contribution in [2.75, 3.05) is 14.2 Å². The van der Waals surface area contributed by atoms with Crippen molar-refractivity contribution in [3.05, 3.63) is 51.8 Å². The summed E-state index contributed by atoms with van der Waals surface area (Å²) in [6, 6.07) is 7.27. The number of nitrogens with zero attached hydrogens (tertiary/aromatic N) is 1. The fraction of sp³-hybridized carbons (Fsp3) is 0.409. The summed E-state index contributed by atoms with van der Waals surface area (Å²) in [6.45, 7) is 8.83. The first-order valence-corrected chi connectivity index (χ1v) is 9.30. The number of benzene rings is 1. The van der Waals surface area contributed by atoms with Gasteiger partial charge in [-0.3, -0.25) is 9.59 Å². The van der Waals surface area contributed by atoms with Gasteiger partial charge in [-0.25, -0.2) is 4.98 Å². The highest BCUT2D eigenvalue weighted by molar-refractivity contribution is 6.30. The van der Waals surface area contributed by atoms with Gasteiger partial charge in [0.15, 0.2) is 6.29 Å². The zero-order chi connectivity index (χ0) is 22.8. The molecule has 2 rings (SSSR count). The molecule has 0 unspecified atom stereocenters. The smallest absolute Gasteiger partial charge is 0.310 e. The summed E-state index contributed by atoms with van der Waals surface area (Å²) in [4.78, 5) is 27.2. The van der Waals surface area contributed by atoms with Crippen LogP contribution in [-0.4, -0.2) is 47.3 Å². The Morgan fingerprint density at radius 1 is 1.17 bits per heavy atom. The Morgan fingerprint density at radius 3 is 2.07 bits per heavy atom. The minimum absolute atomic E-state index is 0.104. The van der Waals surface area contributed by atoms with Gasteiger partial charge in [-0.1, -0.05) is 23.7 Å². The first kappa shape index (κ1) is 26.7. The molecule has 1 heterocycles. The van der Waals surface area contributed by atoms with Crippen LogP contribution in [0, 0.1) is 13.8 Å². The molecular formula is C22H30ClNO5. The van der Waals surface area contributed by atoms with Crippen molar-refractivity contribution in [3.8, 4) is 11.1 Å². The van der Waals surface area contributed by atoms with E-state index >= 15 is 0 Å². The second-order valence-corrected chi connectivity index (χ2v) is 7.55. The third-order valence-electron chi connectivity index (χ3n) is 3.58. The molecule has 0 saturated heterocycles. The highest BCUT2D eigenvalue weighted by Gasteiger charge is 2.18. The lowest BCUT2D eigenvalue weighted by Crippen LogP contribution is -2.11. The van der Waals surface area contributed by atoms with Crippen molar-refractivity contribution in [2.24, 2.45) is 0 Å². The van der Waals surface area contributed by atoms with Crippen LogP contribution in [0.4, 0.5) is 0 Å². The third kappa shape index (κ3) is 9.17. The highest BCUT2D eigenvalue weighted by atomic mass is 35.5. The molecule has 0 radical (unpaired) electrons. The van der Waals surface area contributed by atoms with Gasteiger partial charge in [0.05, 0.1) is 19.1 Å². The first-order valence-electron chi connectivity index (χ1n) is 8.93. The first-order chi connectivity index (χ1) is 13.5. The van der Waals surface area contributed by atoms with Gasteiger partial charge in [-0.2, -0.15) is 0 Å². The summed E-state index contributed by atoms with van der Waals surface area (Å²) in [5.41, 5.74) is 3.73. The van der Waals surface area contributed by atoms with Gasteiger partial charge >= 0.3 is 5.97 Å². The Hall–Kier alpha value is -2.28. The van der Waals surface area contributed by atoms with E-state index in [2.05, 4.69) is 4.98 Å². The zero-order valence-electron chi connectivity index (χ0n) is 18.0. The van der Waals surface area contributed by atoms with Crippen LogP contribution in [0.5, 0.6) is 0 Å². The number of ether oxygens (including phenoxy) is 1. The number of halogens is 1. The summed E-state index contributed by atoms with van der Waals surface area (Å²) in [7, 11) is 2.35. The number of carbonyl (C=O) groups excluding carboxylic acids is 2. The second-order valence-electron chi connectivity index (χ2n) is 7.11. The topological polar surface area (TPSA) is 96.7 Å². The summed E-state index contributed by atoms with van der Waals surface area (Å²) >= 11 is 5.93. The molecule has 0 aliphatic carbocycles. The normalized spacial score (nSPS) is 10.1. The maximum Gasteiger partial charge on any atom is 0.310 e. The van der Waals surface area contributed by atoms with E-state index in [1.54, 1.807) is 39.8 Å². The molecule has 0 atom stereocenters. The number of hydrogen-bond donors (Lipinski definition) is 2. The summed E-state index contributed by atoms with van der Waals surface area (Å²) in [6.07, 6.45) is 0.830. The van der Waals surface area contributed by atoms with E-state index in [0.717, 1.165) is 35.6 Å². The molecule has 0 amide bonds. The van der Waals surface area contributed by atoms with Crippen LogP contribution >= 0.6 is 11.6 Å². The number of aliphatic hydroxyl groups is 2. The summed E-state index contributed by atoms with van der Waals surface area (Å²) < 4.78 is 4.76. The number of rotatable bonds is 4. The molecule has 2 N–H and O–H groups in total. The van der Waals surface area contributed by atoms with Crippen molar-refractivity contribution in [1.82, 2.24) is 4.98 Å². The van der Waals surface area contributed by atoms with Crippen LogP contribution in [-0.2, 0) is 16.0 Å². The van der Waals surface area contributed by atoms with Crippen LogP contribution in [0.1, 0.15) is 48.1 Å². The predicted octanol–water partition coefficient (Wildman–Crippen LogP) is 3.93. The Kier molecular flexibility index (Phi) is 11.3. The largest absolute Gasteiger partial charge is 0.469 e. The fourth-order valence-electron chi connectivity index (χ4n) is 2.42. The number of aliphatic hydroxyl groups excluding tert-OH is 1. The number of carbonyl (C=O) groups is 2. The minimum atomic E-state index is -0.500. The van der Waals surface area contributed by atoms with Crippen LogP contribution < -0.4 is 0 Å². The zero-order valence-corrected chi connectivity index (χ0v) is 18.8. The molecule has 160 valence electrons. The average Bonchev–Trinajstić information content (AvgIpc) is 2.65. The molecular weight excluding hydrogens is 394 g/mol. The number of pyridine rings is 1. The number of aryl methyl sites for hydroxylation is 1. The Bertz CT molecular complexity index is 805. The number of aldehydes is 1. The lowest BCUT2D eigenvalue weighted by Gasteiger charge is -2.16. The predicted molar refractivity (Wildman–Crippen MR) is 115 cm³/mol. The van der Waals surface area contributed by atoms with Gasteiger partial charge in [0, 0.05) is 17.8 Å². The Balaban J connectivity index is 0.000000977. The van der Waals surface area contributed by atoms with E-state index in [1.807, 2.05) is 19.1 Å². The second kappa shape index (κ2) is 12.3. The number of aromatic nitrogens is 1. The molecule has 0 spiro atoms. The standard InChI is InChI=1S/C17H16ClNO3.C4H10O.CH4O/c1-10-15(9-20)19-11(2)14(8-16(21)22-3)17(10)12-4-6-13(18)7-5-12;1-4(2,3)5;1-2/h4-7,9H,8H2,1-3H3;5H,1-3H3;2H,1H3. The van der Waals surface area contributed by atoms with E-state index in [0.29, 0.717) is 16.4 Å². The lowest BCUT2D eigenvalue weighted by atomic mass is 9.92. The van der Waals surface area contributed by atoms with Crippen LogP contribution in [0.25, 0.3) is 11.1 Å². The number of esters is 1. The molecule has 1 aromatic carbocycles. The number of hydrogen-bond acceptors (Lipinski definition) is 6. The number of methoxy groups -OCH3 is 1. The molecule has 29 heavy (non-hydrogen) atoms. The monoisotopic (exact) mass is 423 g/mol. The molecule has 0 fully saturated rings. The van der Waals surface area contributed by atoms with Crippen molar-refractivity contribution < 1.29 is 24.5 Å². The maximum absolute atomic E-state index is 11.7. The van der Waals surface area contributed by atoms with Gasteiger partial charge in [0.25, 0.3) is 0 Å². The van der Waals surface area contributed by atoms with Crippen LogP contribution in [0.15, 0.2) is 24.3 Å². The quantitative estimate of drug-likeness (QED) is 0.571. The van der Waals surface area contributed by atoms with Crippen molar-refractivity contribution >= 4 is 23.9 Å². The van der Waals surface area contributed by atoms with E-state index in [-0.39, 0.29) is 12.4 Å². The van der Waals surface area contributed by atoms with Gasteiger partial charge in [0.2, 0.25) is 0 Å². The van der Waals surface area contributed by atoms with Crippen molar-refractivity contribution in [2.45, 2.75) is 46.6 Å². The van der Waals surface area contributed by atoms with Gasteiger partial charge in [0.1, 0.15) is 5.69 Å². The lowest BCUT2D eigenvalue weighted by molar-refractivity contribution is -0.139.